The lowest BCUT2D eigenvalue weighted by atomic mass is 10.1. The van der Waals surface area contributed by atoms with Crippen molar-refractivity contribution in [2.45, 2.75) is 26.2 Å². The van der Waals surface area contributed by atoms with Crippen LogP contribution >= 0.6 is 0 Å². The molecule has 0 saturated carbocycles. The van der Waals surface area contributed by atoms with E-state index in [1.165, 1.54) is 0 Å². The van der Waals surface area contributed by atoms with Crippen molar-refractivity contribution in [2.24, 2.45) is 5.92 Å². The summed E-state index contributed by atoms with van der Waals surface area (Å²) < 4.78 is 10.3. The number of nitrogens with zero attached hydrogens (tertiary/aromatic N) is 3. The summed E-state index contributed by atoms with van der Waals surface area (Å²) in [6, 6.07) is 1.77. The lowest BCUT2D eigenvalue weighted by Gasteiger charge is -2.21. The molecule has 2 heterocycles. The van der Waals surface area contributed by atoms with Crippen molar-refractivity contribution in [1.82, 2.24) is 15.0 Å². The van der Waals surface area contributed by atoms with Gasteiger partial charge >= 0.3 is 0 Å². The summed E-state index contributed by atoms with van der Waals surface area (Å²) in [5.41, 5.74) is 0.417. The Labute approximate surface area is 132 Å². The minimum atomic E-state index is -0.0542. The topological polar surface area (TPSA) is 58.8 Å². The number of amides is 1. The van der Waals surface area contributed by atoms with Crippen LogP contribution in [0, 0.1) is 5.92 Å². The van der Waals surface area contributed by atoms with Crippen LogP contribution < -0.4 is 0 Å². The summed E-state index contributed by atoms with van der Waals surface area (Å²) in [6.07, 6.45) is 2.93. The normalized spacial score (nSPS) is 18.8. The molecule has 1 aromatic rings. The van der Waals surface area contributed by atoms with Gasteiger partial charge in [0, 0.05) is 46.3 Å². The van der Waals surface area contributed by atoms with Crippen LogP contribution in [0.4, 0.5) is 0 Å². The van der Waals surface area contributed by atoms with Crippen molar-refractivity contribution in [3.8, 4) is 0 Å². The fraction of sp³-hybridized carbons (Fsp3) is 0.750. The van der Waals surface area contributed by atoms with Gasteiger partial charge in [-0.1, -0.05) is 12.1 Å². The predicted octanol–water partition coefficient (Wildman–Crippen LogP) is 1.67. The van der Waals surface area contributed by atoms with Crippen LogP contribution in [-0.2, 0) is 11.2 Å². The first kappa shape index (κ1) is 17.0. The van der Waals surface area contributed by atoms with Gasteiger partial charge in [0.25, 0.3) is 5.91 Å². The second-order valence-electron chi connectivity index (χ2n) is 6.06. The number of hydrogen-bond acceptors (Lipinski definition) is 5. The molecule has 0 unspecified atom stereocenters. The lowest BCUT2D eigenvalue weighted by Crippen LogP contribution is -2.33. The van der Waals surface area contributed by atoms with E-state index in [0.29, 0.717) is 11.6 Å². The van der Waals surface area contributed by atoms with E-state index in [1.54, 1.807) is 18.1 Å². The number of methoxy groups -OCH3 is 1. The molecule has 6 heteroatoms. The summed E-state index contributed by atoms with van der Waals surface area (Å²) in [6.45, 7) is 6.68. The molecule has 0 N–H and O–H groups in total. The lowest BCUT2D eigenvalue weighted by molar-refractivity contribution is 0.0761. The Morgan fingerprint density at radius 3 is 3.14 bits per heavy atom. The Hall–Kier alpha value is -1.40. The Morgan fingerprint density at radius 1 is 1.59 bits per heavy atom. The van der Waals surface area contributed by atoms with E-state index >= 15 is 0 Å². The molecule has 124 valence electrons. The first-order chi connectivity index (χ1) is 10.6. The van der Waals surface area contributed by atoms with Crippen LogP contribution in [0.1, 0.15) is 36.0 Å². The number of aromatic nitrogens is 1. The molecule has 1 atom stereocenters. The highest BCUT2D eigenvalue weighted by Gasteiger charge is 2.26. The van der Waals surface area contributed by atoms with Crippen molar-refractivity contribution in [3.63, 3.8) is 0 Å². The zero-order valence-corrected chi connectivity index (χ0v) is 13.9. The van der Waals surface area contributed by atoms with E-state index in [0.717, 1.165) is 57.8 Å². The second kappa shape index (κ2) is 8.29. The number of ether oxygens (including phenoxy) is 1. The first-order valence-corrected chi connectivity index (χ1v) is 8.06. The van der Waals surface area contributed by atoms with Crippen LogP contribution in [0.5, 0.6) is 0 Å². The molecule has 6 nitrogen and oxygen atoms in total. The van der Waals surface area contributed by atoms with E-state index in [9.17, 15) is 4.79 Å². The SMILES string of the molecule is CCCc1cc(C(=O)N(C)C[C@@H]2CCN(CCOC)C2)no1. The predicted molar refractivity (Wildman–Crippen MR) is 83.9 cm³/mol. The Balaban J connectivity index is 1.81. The molecule has 22 heavy (non-hydrogen) atoms. The number of rotatable bonds is 8. The highest BCUT2D eigenvalue weighted by atomic mass is 16.5. The fourth-order valence-electron chi connectivity index (χ4n) is 2.93. The van der Waals surface area contributed by atoms with Crippen LogP contribution in [0.25, 0.3) is 0 Å². The minimum absolute atomic E-state index is 0.0542. The van der Waals surface area contributed by atoms with Gasteiger partial charge in [0.2, 0.25) is 0 Å². The van der Waals surface area contributed by atoms with Gasteiger partial charge in [0.1, 0.15) is 5.76 Å². The van der Waals surface area contributed by atoms with Crippen molar-refractivity contribution >= 4 is 5.91 Å². The molecular weight excluding hydrogens is 282 g/mol. The number of hydrogen-bond donors (Lipinski definition) is 0. The minimum Gasteiger partial charge on any atom is -0.383 e. The van der Waals surface area contributed by atoms with Gasteiger partial charge in [-0.3, -0.25) is 4.79 Å². The van der Waals surface area contributed by atoms with Gasteiger partial charge in [-0.05, 0) is 25.3 Å². The van der Waals surface area contributed by atoms with Gasteiger partial charge in [-0.2, -0.15) is 0 Å². The average Bonchev–Trinajstić information content (AvgIpc) is 3.14. The standard InChI is InChI=1S/C16H27N3O3/c1-4-5-14-10-15(17-22-14)16(20)18(2)11-13-6-7-19(12-13)8-9-21-3/h10,13H,4-9,11-12H2,1-3H3/t13-/m0/s1. The molecule has 1 amide bonds. The maximum Gasteiger partial charge on any atom is 0.275 e. The van der Waals surface area contributed by atoms with Gasteiger partial charge in [0.05, 0.1) is 6.61 Å². The first-order valence-electron chi connectivity index (χ1n) is 8.06. The van der Waals surface area contributed by atoms with Gasteiger partial charge < -0.3 is 19.1 Å². The molecule has 0 aliphatic carbocycles. The van der Waals surface area contributed by atoms with Crippen LogP contribution in [0.2, 0.25) is 0 Å². The van der Waals surface area contributed by atoms with E-state index in [2.05, 4.69) is 17.0 Å². The highest BCUT2D eigenvalue weighted by Crippen LogP contribution is 2.18. The van der Waals surface area contributed by atoms with Crippen LogP contribution in [0.15, 0.2) is 10.6 Å². The molecule has 0 spiro atoms. The third-order valence-corrected chi connectivity index (χ3v) is 4.13. The smallest absolute Gasteiger partial charge is 0.275 e. The number of carbonyl (C=O) groups excluding carboxylic acids is 1. The molecule has 1 saturated heterocycles. The molecular formula is C16H27N3O3. The van der Waals surface area contributed by atoms with E-state index in [1.807, 2.05) is 7.05 Å². The summed E-state index contributed by atoms with van der Waals surface area (Å²) in [7, 11) is 3.57. The monoisotopic (exact) mass is 309 g/mol. The molecule has 1 aromatic heterocycles. The number of likely N-dealkylation sites (tertiary alicyclic amines) is 1. The van der Waals surface area contributed by atoms with Gasteiger partial charge in [-0.25, -0.2) is 0 Å². The molecule has 1 fully saturated rings. The number of carbonyl (C=O) groups is 1. The van der Waals surface area contributed by atoms with E-state index in [4.69, 9.17) is 9.26 Å². The third-order valence-electron chi connectivity index (χ3n) is 4.13. The Morgan fingerprint density at radius 2 is 2.41 bits per heavy atom. The summed E-state index contributed by atoms with van der Waals surface area (Å²) >= 11 is 0. The summed E-state index contributed by atoms with van der Waals surface area (Å²) in [4.78, 5) is 16.5. The fourth-order valence-corrected chi connectivity index (χ4v) is 2.93. The van der Waals surface area contributed by atoms with Crippen molar-refractivity contribution in [2.75, 3.05) is 46.9 Å². The quantitative estimate of drug-likeness (QED) is 0.731. The van der Waals surface area contributed by atoms with Crippen LogP contribution in [0.3, 0.4) is 0 Å². The summed E-state index contributed by atoms with van der Waals surface area (Å²) in [5, 5.41) is 3.89. The van der Waals surface area contributed by atoms with Crippen molar-refractivity contribution < 1.29 is 14.1 Å². The molecule has 2 rings (SSSR count). The second-order valence-corrected chi connectivity index (χ2v) is 6.06. The van der Waals surface area contributed by atoms with Gasteiger partial charge in [0.15, 0.2) is 5.69 Å². The number of aryl methyl sites for hydroxylation is 1. The largest absolute Gasteiger partial charge is 0.383 e. The van der Waals surface area contributed by atoms with Gasteiger partial charge in [-0.15, -0.1) is 0 Å². The molecule has 0 radical (unpaired) electrons. The summed E-state index contributed by atoms with van der Waals surface area (Å²) in [5.74, 6) is 1.25. The Kier molecular flexibility index (Phi) is 6.39. The molecule has 1 aliphatic heterocycles. The zero-order valence-electron chi connectivity index (χ0n) is 13.9. The van der Waals surface area contributed by atoms with Crippen LogP contribution in [-0.4, -0.2) is 67.8 Å². The Bertz CT molecular complexity index is 475. The maximum atomic E-state index is 12.4. The molecule has 0 bridgehead atoms. The highest BCUT2D eigenvalue weighted by molar-refractivity contribution is 5.92. The van der Waals surface area contributed by atoms with Crippen molar-refractivity contribution in [3.05, 3.63) is 17.5 Å². The zero-order chi connectivity index (χ0) is 15.9. The third kappa shape index (κ3) is 4.55. The maximum absolute atomic E-state index is 12.4. The molecule has 0 aromatic carbocycles. The van der Waals surface area contributed by atoms with E-state index in [-0.39, 0.29) is 5.91 Å². The average molecular weight is 309 g/mol. The molecule has 1 aliphatic rings. The van der Waals surface area contributed by atoms with Crippen molar-refractivity contribution in [1.29, 1.82) is 0 Å². The van der Waals surface area contributed by atoms with E-state index < -0.39 is 0 Å².